The van der Waals surface area contributed by atoms with Crippen LogP contribution in [0.15, 0.2) is 0 Å². The van der Waals surface area contributed by atoms with Gasteiger partial charge < -0.3 is 16.6 Å². The normalized spacial score (nSPS) is 6.70. The highest BCUT2D eigenvalue weighted by molar-refractivity contribution is 5.62. The van der Waals surface area contributed by atoms with E-state index >= 15 is 0 Å². The minimum absolute atomic E-state index is 0. The van der Waals surface area contributed by atoms with E-state index in [1.54, 1.807) is 0 Å². The molecule has 0 heterocycles. The Labute approximate surface area is 62.2 Å². The Balaban J connectivity index is -0.0000000910. The number of carboxylic acid groups (broad SMARTS) is 1. The number of carboxylic acids is 1. The van der Waals surface area contributed by atoms with E-state index in [2.05, 4.69) is 19.2 Å². The standard InChI is InChI=1S/C4H11N.C2H4O2.H3N/c1-3-5-4-2;1-2(3)4;/h5H,3-4H2,1-2H3;1H3,(H,3,4);1H3. The molecule has 0 fully saturated rings. The molecular formula is C6H18N2O2. The van der Waals surface area contributed by atoms with E-state index in [0.29, 0.717) is 0 Å². The van der Waals surface area contributed by atoms with Crippen LogP contribution in [0, 0.1) is 0 Å². The zero-order valence-corrected chi connectivity index (χ0v) is 6.98. The van der Waals surface area contributed by atoms with Gasteiger partial charge in [0.05, 0.1) is 0 Å². The van der Waals surface area contributed by atoms with Crippen LogP contribution in [0.4, 0.5) is 0 Å². The number of carbonyl (C=O) groups is 1. The SMILES string of the molecule is CC(=O)O.CCNCC.N. The monoisotopic (exact) mass is 150 g/mol. The second-order valence-electron chi connectivity index (χ2n) is 1.48. The van der Waals surface area contributed by atoms with Gasteiger partial charge in [-0.05, 0) is 13.1 Å². The van der Waals surface area contributed by atoms with Crippen LogP contribution in [0.1, 0.15) is 20.8 Å². The number of rotatable bonds is 2. The number of hydrogen-bond donors (Lipinski definition) is 3. The summed E-state index contributed by atoms with van der Waals surface area (Å²) >= 11 is 0. The predicted octanol–water partition coefficient (Wildman–Crippen LogP) is 0.869. The van der Waals surface area contributed by atoms with Crippen molar-refractivity contribution in [3.63, 3.8) is 0 Å². The summed E-state index contributed by atoms with van der Waals surface area (Å²) in [7, 11) is 0. The summed E-state index contributed by atoms with van der Waals surface area (Å²) in [5.74, 6) is -0.833. The molecule has 0 radical (unpaired) electrons. The van der Waals surface area contributed by atoms with Crippen LogP contribution in [0.25, 0.3) is 0 Å². The van der Waals surface area contributed by atoms with Gasteiger partial charge in [-0.2, -0.15) is 0 Å². The third-order valence-electron chi connectivity index (χ3n) is 0.500. The molecule has 64 valence electrons. The maximum Gasteiger partial charge on any atom is 0.300 e. The first-order valence-electron chi connectivity index (χ1n) is 3.05. The highest BCUT2D eigenvalue weighted by Gasteiger charge is 1.65. The first-order valence-corrected chi connectivity index (χ1v) is 3.05. The minimum atomic E-state index is -0.833. The third-order valence-corrected chi connectivity index (χ3v) is 0.500. The van der Waals surface area contributed by atoms with Crippen molar-refractivity contribution >= 4 is 5.97 Å². The molecule has 0 rings (SSSR count). The number of nitrogens with one attached hydrogen (secondary N) is 1. The fraction of sp³-hybridized carbons (Fsp3) is 0.833. The van der Waals surface area contributed by atoms with E-state index < -0.39 is 5.97 Å². The molecular weight excluding hydrogens is 132 g/mol. The zero-order chi connectivity index (χ0) is 7.70. The van der Waals surface area contributed by atoms with Crippen LogP contribution >= 0.6 is 0 Å². The Bertz CT molecular complexity index is 60.8. The lowest BCUT2D eigenvalue weighted by Gasteiger charge is -1.86. The van der Waals surface area contributed by atoms with Crippen molar-refractivity contribution in [2.45, 2.75) is 20.8 Å². The van der Waals surface area contributed by atoms with Crippen LogP contribution < -0.4 is 11.5 Å². The Morgan fingerprint density at radius 1 is 1.40 bits per heavy atom. The van der Waals surface area contributed by atoms with Gasteiger partial charge in [0, 0.05) is 6.92 Å². The Morgan fingerprint density at radius 3 is 1.60 bits per heavy atom. The molecule has 0 aliphatic heterocycles. The van der Waals surface area contributed by atoms with E-state index in [0.717, 1.165) is 20.0 Å². The molecule has 0 aromatic carbocycles. The van der Waals surface area contributed by atoms with Gasteiger partial charge in [0.2, 0.25) is 0 Å². The first kappa shape index (κ1) is 16.2. The summed E-state index contributed by atoms with van der Waals surface area (Å²) < 4.78 is 0. The highest BCUT2D eigenvalue weighted by Crippen LogP contribution is 1.47. The van der Waals surface area contributed by atoms with Crippen molar-refractivity contribution in [2.24, 2.45) is 0 Å². The van der Waals surface area contributed by atoms with Gasteiger partial charge in [0.25, 0.3) is 5.97 Å². The molecule has 0 saturated heterocycles. The molecule has 10 heavy (non-hydrogen) atoms. The smallest absolute Gasteiger partial charge is 0.300 e. The molecule has 4 heteroatoms. The number of aliphatic carboxylic acids is 1. The van der Waals surface area contributed by atoms with Crippen molar-refractivity contribution in [1.29, 1.82) is 0 Å². The Kier molecular flexibility index (Phi) is 25.5. The lowest BCUT2D eigenvalue weighted by Crippen LogP contribution is -2.09. The maximum absolute atomic E-state index is 9.00. The van der Waals surface area contributed by atoms with Gasteiger partial charge in [0.15, 0.2) is 0 Å². The van der Waals surface area contributed by atoms with Gasteiger partial charge in [-0.25, -0.2) is 0 Å². The summed E-state index contributed by atoms with van der Waals surface area (Å²) in [5.41, 5.74) is 0. The van der Waals surface area contributed by atoms with Crippen LogP contribution in [-0.2, 0) is 4.79 Å². The Hall–Kier alpha value is -0.610. The van der Waals surface area contributed by atoms with Crippen LogP contribution in [-0.4, -0.2) is 24.2 Å². The van der Waals surface area contributed by atoms with Crippen molar-refractivity contribution in [2.75, 3.05) is 13.1 Å². The molecule has 0 aliphatic rings. The predicted molar refractivity (Wildman–Crippen MR) is 42.5 cm³/mol. The molecule has 0 amide bonds. The molecule has 4 nitrogen and oxygen atoms in total. The molecule has 0 unspecified atom stereocenters. The van der Waals surface area contributed by atoms with Crippen molar-refractivity contribution in [3.8, 4) is 0 Å². The summed E-state index contributed by atoms with van der Waals surface area (Å²) in [6, 6.07) is 0. The number of hydrogen-bond acceptors (Lipinski definition) is 3. The first-order chi connectivity index (χ1) is 4.15. The molecule has 0 saturated carbocycles. The van der Waals surface area contributed by atoms with E-state index in [1.807, 2.05) is 0 Å². The molecule has 0 aromatic heterocycles. The van der Waals surface area contributed by atoms with E-state index in [9.17, 15) is 0 Å². The fourth-order valence-electron chi connectivity index (χ4n) is 0.250. The highest BCUT2D eigenvalue weighted by atomic mass is 16.4. The van der Waals surface area contributed by atoms with Crippen molar-refractivity contribution in [3.05, 3.63) is 0 Å². The largest absolute Gasteiger partial charge is 0.481 e. The molecule has 0 bridgehead atoms. The average molecular weight is 150 g/mol. The van der Waals surface area contributed by atoms with Crippen LogP contribution in [0.3, 0.4) is 0 Å². The summed E-state index contributed by atoms with van der Waals surface area (Å²) in [5, 5.41) is 10.5. The average Bonchev–Trinajstić information content (AvgIpc) is 1.66. The van der Waals surface area contributed by atoms with E-state index in [4.69, 9.17) is 9.90 Å². The van der Waals surface area contributed by atoms with Crippen molar-refractivity contribution in [1.82, 2.24) is 11.5 Å². The lowest BCUT2D eigenvalue weighted by molar-refractivity contribution is -0.134. The van der Waals surface area contributed by atoms with E-state index in [1.165, 1.54) is 0 Å². The lowest BCUT2D eigenvalue weighted by atomic mass is 10.7. The van der Waals surface area contributed by atoms with Gasteiger partial charge in [0.1, 0.15) is 0 Å². The zero-order valence-electron chi connectivity index (χ0n) is 6.98. The fourth-order valence-corrected chi connectivity index (χ4v) is 0.250. The summed E-state index contributed by atoms with van der Waals surface area (Å²) in [4.78, 5) is 9.00. The van der Waals surface area contributed by atoms with Crippen LogP contribution in [0.5, 0.6) is 0 Å². The molecule has 5 N–H and O–H groups in total. The second kappa shape index (κ2) is 15.8. The second-order valence-corrected chi connectivity index (χ2v) is 1.48. The van der Waals surface area contributed by atoms with Gasteiger partial charge in [-0.3, -0.25) is 4.79 Å². The molecule has 0 atom stereocenters. The molecule has 0 aromatic rings. The topological polar surface area (TPSA) is 84.3 Å². The molecule has 0 spiro atoms. The minimum Gasteiger partial charge on any atom is -0.481 e. The summed E-state index contributed by atoms with van der Waals surface area (Å²) in [6.45, 7) is 7.47. The van der Waals surface area contributed by atoms with Crippen molar-refractivity contribution < 1.29 is 9.90 Å². The summed E-state index contributed by atoms with van der Waals surface area (Å²) in [6.07, 6.45) is 0. The third kappa shape index (κ3) is 156. The van der Waals surface area contributed by atoms with Crippen LogP contribution in [0.2, 0.25) is 0 Å². The molecule has 0 aliphatic carbocycles. The van der Waals surface area contributed by atoms with Gasteiger partial charge in [-0.1, -0.05) is 13.8 Å². The maximum atomic E-state index is 9.00. The van der Waals surface area contributed by atoms with E-state index in [-0.39, 0.29) is 6.15 Å². The van der Waals surface area contributed by atoms with Gasteiger partial charge >= 0.3 is 0 Å². The Morgan fingerprint density at radius 2 is 1.60 bits per heavy atom. The quantitative estimate of drug-likeness (QED) is 0.545. The van der Waals surface area contributed by atoms with Gasteiger partial charge in [-0.15, -0.1) is 0 Å².